The highest BCUT2D eigenvalue weighted by Crippen LogP contribution is 2.44. The average molecular weight is 699 g/mol. The molecule has 4 heterocycles. The summed E-state index contributed by atoms with van der Waals surface area (Å²) in [6, 6.07) is 16.9. The van der Waals surface area contributed by atoms with Crippen LogP contribution in [0.5, 0.6) is 11.5 Å². The van der Waals surface area contributed by atoms with Gasteiger partial charge in [-0.3, -0.25) is 14.4 Å². The largest absolute Gasteiger partial charge is 0.448 e. The minimum atomic E-state index is -0.827. The van der Waals surface area contributed by atoms with Gasteiger partial charge in [-0.05, 0) is 73.7 Å². The quantitative estimate of drug-likeness (QED) is 0.105. The van der Waals surface area contributed by atoms with Gasteiger partial charge in [-0.15, -0.1) is 11.3 Å². The summed E-state index contributed by atoms with van der Waals surface area (Å²) in [6.07, 6.45) is 3.50. The number of nitrogens with one attached hydrogen (secondary N) is 2. The Hall–Kier alpha value is -4.59. The lowest BCUT2D eigenvalue weighted by Gasteiger charge is -2.39. The zero-order valence-electron chi connectivity index (χ0n) is 27.8. The molecule has 4 aromatic rings. The van der Waals surface area contributed by atoms with Gasteiger partial charge in [-0.2, -0.15) is 0 Å². The second kappa shape index (κ2) is 14.9. The van der Waals surface area contributed by atoms with Crippen molar-refractivity contribution in [2.45, 2.75) is 58.2 Å². The number of likely N-dealkylation sites (tertiary alicyclic amines) is 1. The van der Waals surface area contributed by atoms with E-state index >= 15 is 0 Å². The fourth-order valence-electron chi connectivity index (χ4n) is 6.32. The summed E-state index contributed by atoms with van der Waals surface area (Å²) in [4.78, 5) is 45.5. The Labute approximate surface area is 295 Å². The highest BCUT2D eigenvalue weighted by molar-refractivity contribution is 7.20. The molecule has 1 spiro atoms. The summed E-state index contributed by atoms with van der Waals surface area (Å²) >= 11 is 7.46. The molecular weight excluding hydrogens is 660 g/mol. The first-order valence-electron chi connectivity index (χ1n) is 16.6. The van der Waals surface area contributed by atoms with Gasteiger partial charge in [0, 0.05) is 66.6 Å². The number of benzene rings is 2. The predicted molar refractivity (Wildman–Crippen MR) is 193 cm³/mol. The van der Waals surface area contributed by atoms with Crippen LogP contribution in [0.4, 0.5) is 5.69 Å². The van der Waals surface area contributed by atoms with Gasteiger partial charge in [0.1, 0.15) is 4.83 Å². The van der Waals surface area contributed by atoms with Crippen LogP contribution in [0.15, 0.2) is 54.6 Å². The molecule has 2 aromatic heterocycles. The zero-order valence-corrected chi connectivity index (χ0v) is 29.4. The maximum absolute atomic E-state index is 13.6. The third-order valence-corrected chi connectivity index (χ3v) is 10.2. The van der Waals surface area contributed by atoms with Crippen LogP contribution in [0.2, 0.25) is 5.02 Å². The fraction of sp³-hybridized carbons (Fsp3) is 0.368. The molecule has 2 aromatic carbocycles. The number of piperidine rings is 1. The third kappa shape index (κ3) is 7.85. The van der Waals surface area contributed by atoms with Crippen LogP contribution in [-0.4, -0.2) is 60.0 Å². The molecule has 49 heavy (non-hydrogen) atoms. The van der Waals surface area contributed by atoms with Gasteiger partial charge in [0.25, 0.3) is 11.7 Å². The van der Waals surface area contributed by atoms with E-state index in [4.69, 9.17) is 21.1 Å². The standard InChI is InChI=1S/C38H39ClN4O5S/c1-24(2)34(27-9-11-28(39)12-10-27)37(46)43-20-16-38(17-21-43)47-30-14-7-26(22-31(30)48-38)8-15-33(45)40-18-4-5-19-41-35-29-13-6-25(3)42-36(29)49-32(35)23-44/h6-7,9-14,22-24,34,41H,4-5,16-21H2,1-3H3,(H,40,45). The number of ether oxygens (including phenoxy) is 2. The molecule has 0 radical (unpaired) electrons. The van der Waals surface area contributed by atoms with Gasteiger partial charge >= 0.3 is 0 Å². The maximum atomic E-state index is 13.6. The normalized spacial score (nSPS) is 15.2. The molecule has 0 saturated carbocycles. The number of carbonyl (C=O) groups is 3. The van der Waals surface area contributed by atoms with Gasteiger partial charge in [-0.25, -0.2) is 4.98 Å². The topological polar surface area (TPSA) is 110 Å². The summed E-state index contributed by atoms with van der Waals surface area (Å²) in [7, 11) is 0. The minimum absolute atomic E-state index is 0.100. The van der Waals surface area contributed by atoms with Crippen LogP contribution >= 0.6 is 22.9 Å². The molecule has 6 rings (SSSR count). The van der Waals surface area contributed by atoms with Gasteiger partial charge in [0.15, 0.2) is 17.8 Å². The number of anilines is 1. The van der Waals surface area contributed by atoms with E-state index in [-0.39, 0.29) is 23.7 Å². The summed E-state index contributed by atoms with van der Waals surface area (Å²) in [5, 5.41) is 7.80. The second-order valence-electron chi connectivity index (χ2n) is 12.8. The van der Waals surface area contributed by atoms with E-state index in [9.17, 15) is 14.4 Å². The van der Waals surface area contributed by atoms with E-state index in [2.05, 4.69) is 41.3 Å². The number of hydrogen-bond acceptors (Lipinski definition) is 8. The van der Waals surface area contributed by atoms with Crippen molar-refractivity contribution in [1.82, 2.24) is 15.2 Å². The molecule has 0 bridgehead atoms. The van der Waals surface area contributed by atoms with Gasteiger partial charge in [0.05, 0.1) is 16.5 Å². The first-order valence-corrected chi connectivity index (χ1v) is 17.8. The number of rotatable bonds is 10. The van der Waals surface area contributed by atoms with Gasteiger partial charge in [0.2, 0.25) is 5.91 Å². The number of amides is 2. The minimum Gasteiger partial charge on any atom is -0.448 e. The molecule has 1 fully saturated rings. The Balaban J connectivity index is 0.955. The van der Waals surface area contributed by atoms with Crippen molar-refractivity contribution in [1.29, 1.82) is 0 Å². The SMILES string of the molecule is Cc1ccc2c(NCCCCNC(=O)C#Cc3ccc4c(c3)OC3(CCN(C(=O)C(c5ccc(Cl)cc5)C(C)C)CC3)O4)c(C=O)sc2n1. The maximum Gasteiger partial charge on any atom is 0.296 e. The number of aryl methyl sites for hydroxylation is 1. The number of thiophene rings is 1. The summed E-state index contributed by atoms with van der Waals surface area (Å²) in [5.41, 5.74) is 3.34. The number of unbranched alkanes of at least 4 members (excludes halogenated alkanes) is 1. The number of carbonyl (C=O) groups excluding carboxylic acids is 3. The van der Waals surface area contributed by atoms with Crippen LogP contribution in [0.25, 0.3) is 10.2 Å². The van der Waals surface area contributed by atoms with Crippen molar-refractivity contribution in [2.75, 3.05) is 31.5 Å². The molecule has 1 saturated heterocycles. The van der Waals surface area contributed by atoms with Crippen LogP contribution in [0.3, 0.4) is 0 Å². The van der Waals surface area contributed by atoms with E-state index < -0.39 is 5.79 Å². The fourth-order valence-corrected chi connectivity index (χ4v) is 7.45. The molecule has 1 atom stereocenters. The van der Waals surface area contributed by atoms with E-state index in [1.807, 2.05) is 60.4 Å². The summed E-state index contributed by atoms with van der Waals surface area (Å²) < 4.78 is 12.6. The molecular formula is C38H39ClN4O5S. The van der Waals surface area contributed by atoms with Crippen molar-refractivity contribution in [3.05, 3.63) is 81.3 Å². The number of nitrogens with zero attached hydrogens (tertiary/aromatic N) is 2. The van der Waals surface area contributed by atoms with E-state index in [0.717, 1.165) is 46.3 Å². The molecule has 2 aliphatic rings. The van der Waals surface area contributed by atoms with Crippen molar-refractivity contribution in [3.63, 3.8) is 0 Å². The second-order valence-corrected chi connectivity index (χ2v) is 14.2. The highest BCUT2D eigenvalue weighted by Gasteiger charge is 2.46. The molecule has 11 heteroatoms. The molecule has 2 aliphatic heterocycles. The zero-order chi connectivity index (χ0) is 34.5. The van der Waals surface area contributed by atoms with Gasteiger partial charge in [-0.1, -0.05) is 43.5 Å². The lowest BCUT2D eigenvalue weighted by molar-refractivity contribution is -0.148. The molecule has 2 amide bonds. The number of aldehydes is 1. The number of halogens is 1. The molecule has 2 N–H and O–H groups in total. The average Bonchev–Trinajstić information content (AvgIpc) is 3.62. The Bertz CT molecular complexity index is 1920. The van der Waals surface area contributed by atoms with Crippen LogP contribution in [-0.2, 0) is 9.59 Å². The first-order chi connectivity index (χ1) is 23.6. The molecule has 9 nitrogen and oxygen atoms in total. The Morgan fingerprint density at radius 1 is 1.04 bits per heavy atom. The predicted octanol–water partition coefficient (Wildman–Crippen LogP) is 6.96. The Morgan fingerprint density at radius 2 is 1.78 bits per heavy atom. The number of pyridine rings is 1. The highest BCUT2D eigenvalue weighted by atomic mass is 35.5. The third-order valence-electron chi connectivity index (χ3n) is 8.87. The van der Waals surface area contributed by atoms with Crippen molar-refractivity contribution in [2.24, 2.45) is 5.92 Å². The van der Waals surface area contributed by atoms with Crippen LogP contribution in [0, 0.1) is 24.7 Å². The molecule has 254 valence electrons. The first kappa shape index (κ1) is 34.3. The van der Waals surface area contributed by atoms with E-state index in [1.54, 1.807) is 6.07 Å². The number of fused-ring (bicyclic) bond motifs is 2. The van der Waals surface area contributed by atoms with E-state index in [0.29, 0.717) is 66.0 Å². The Kier molecular flexibility index (Phi) is 10.4. The van der Waals surface area contributed by atoms with E-state index in [1.165, 1.54) is 11.3 Å². The van der Waals surface area contributed by atoms with Crippen LogP contribution < -0.4 is 20.1 Å². The summed E-state index contributed by atoms with van der Waals surface area (Å²) in [6.45, 7) is 8.25. The van der Waals surface area contributed by atoms with Gasteiger partial charge < -0.3 is 25.0 Å². The summed E-state index contributed by atoms with van der Waals surface area (Å²) in [5.74, 6) is 5.61. The number of aromatic nitrogens is 1. The van der Waals surface area contributed by atoms with Crippen molar-refractivity contribution < 1.29 is 23.9 Å². The van der Waals surface area contributed by atoms with Crippen molar-refractivity contribution in [3.8, 4) is 23.3 Å². The lowest BCUT2D eigenvalue weighted by atomic mass is 9.86. The van der Waals surface area contributed by atoms with Crippen molar-refractivity contribution >= 4 is 56.9 Å². The number of hydrogen-bond donors (Lipinski definition) is 2. The Morgan fingerprint density at radius 3 is 2.51 bits per heavy atom. The lowest BCUT2D eigenvalue weighted by Crippen LogP contribution is -2.52. The monoisotopic (exact) mass is 698 g/mol. The smallest absolute Gasteiger partial charge is 0.296 e. The van der Waals surface area contributed by atoms with Crippen LogP contribution in [0.1, 0.15) is 71.9 Å². The molecule has 1 unspecified atom stereocenters. The molecule has 0 aliphatic carbocycles.